The fraction of sp³-hybridized carbons (Fsp3) is 0.396. The Morgan fingerprint density at radius 1 is 0.593 bits per heavy atom. The summed E-state index contributed by atoms with van der Waals surface area (Å²) in [6.07, 6.45) is 3.34. The summed E-state index contributed by atoms with van der Waals surface area (Å²) in [5.74, 6) is -0.988. The van der Waals surface area contributed by atoms with E-state index in [1.807, 2.05) is 54.6 Å². The number of carbonyl (C=O) groups excluding carboxylic acids is 2. The van der Waals surface area contributed by atoms with Crippen LogP contribution in [0.4, 0.5) is 0 Å². The molecule has 2 aliphatic heterocycles. The van der Waals surface area contributed by atoms with E-state index >= 15 is 0 Å². The minimum Gasteiger partial charge on any atom is -0.454 e. The minimum atomic E-state index is -0.759. The van der Waals surface area contributed by atoms with Gasteiger partial charge >= 0.3 is 11.9 Å². The molecular formula is C53H62N2O4. The second-order valence-electron chi connectivity index (χ2n) is 18.8. The molecule has 1 unspecified atom stereocenters. The van der Waals surface area contributed by atoms with Gasteiger partial charge in [0.15, 0.2) is 0 Å². The fourth-order valence-corrected chi connectivity index (χ4v) is 9.28. The van der Waals surface area contributed by atoms with Crippen LogP contribution in [0, 0.1) is 6.92 Å². The van der Waals surface area contributed by atoms with Crippen LogP contribution in [0.5, 0.6) is 0 Å². The number of carbonyl (C=O) groups is 2. The molecule has 5 aromatic carbocycles. The number of benzene rings is 5. The van der Waals surface area contributed by atoms with Crippen LogP contribution in [0.2, 0.25) is 0 Å². The molecule has 2 fully saturated rings. The number of hydrogen-bond acceptors (Lipinski definition) is 6. The van der Waals surface area contributed by atoms with Crippen molar-refractivity contribution in [3.63, 3.8) is 0 Å². The summed E-state index contributed by atoms with van der Waals surface area (Å²) in [5, 5.41) is 6.92. The van der Waals surface area contributed by atoms with E-state index in [2.05, 4.69) is 126 Å². The van der Waals surface area contributed by atoms with Gasteiger partial charge in [-0.25, -0.2) is 4.79 Å². The molecule has 2 aliphatic rings. The van der Waals surface area contributed by atoms with Crippen molar-refractivity contribution in [3.05, 3.63) is 166 Å². The van der Waals surface area contributed by atoms with Crippen LogP contribution in [0.3, 0.4) is 0 Å². The molecular weight excluding hydrogens is 729 g/mol. The molecule has 0 spiro atoms. The first-order chi connectivity index (χ1) is 28.2. The number of nitrogens with one attached hydrogen (secondary N) is 2. The molecule has 59 heavy (non-hydrogen) atoms. The molecule has 0 bridgehead atoms. The summed E-state index contributed by atoms with van der Waals surface area (Å²) in [6.45, 7) is 18.5. The van der Waals surface area contributed by atoms with Gasteiger partial charge in [0.25, 0.3) is 0 Å². The Hall–Kier alpha value is -5.04. The van der Waals surface area contributed by atoms with Gasteiger partial charge in [0.05, 0.1) is 11.5 Å². The molecule has 6 nitrogen and oxygen atoms in total. The Bertz CT molecular complexity index is 2190. The van der Waals surface area contributed by atoms with Crippen LogP contribution in [0.1, 0.15) is 122 Å². The molecule has 0 aliphatic carbocycles. The normalized spacial score (nSPS) is 17.1. The Kier molecular flexibility index (Phi) is 12.3. The van der Waals surface area contributed by atoms with E-state index in [0.29, 0.717) is 24.8 Å². The van der Waals surface area contributed by atoms with Crippen molar-refractivity contribution < 1.29 is 19.1 Å². The third-order valence-electron chi connectivity index (χ3n) is 12.6. The maximum Gasteiger partial charge on any atom is 0.339 e. The lowest BCUT2D eigenvalue weighted by Crippen LogP contribution is -2.44. The quantitative estimate of drug-likeness (QED) is 0.137. The van der Waals surface area contributed by atoms with Gasteiger partial charge in [0.1, 0.15) is 11.2 Å². The Labute approximate surface area is 352 Å². The van der Waals surface area contributed by atoms with Crippen LogP contribution in [0.25, 0.3) is 11.1 Å². The highest BCUT2D eigenvalue weighted by Crippen LogP contribution is 2.41. The van der Waals surface area contributed by atoms with E-state index in [9.17, 15) is 9.59 Å². The maximum absolute atomic E-state index is 14.6. The maximum atomic E-state index is 14.6. The molecule has 5 aromatic rings. The van der Waals surface area contributed by atoms with Crippen molar-refractivity contribution in [2.45, 2.75) is 109 Å². The molecule has 0 amide bonds. The fourth-order valence-electron chi connectivity index (χ4n) is 9.28. The lowest BCUT2D eigenvalue weighted by molar-refractivity contribution is -0.166. The van der Waals surface area contributed by atoms with E-state index < -0.39 is 17.1 Å². The van der Waals surface area contributed by atoms with E-state index in [0.717, 1.165) is 72.4 Å². The van der Waals surface area contributed by atoms with Gasteiger partial charge in [-0.1, -0.05) is 151 Å². The predicted molar refractivity (Wildman–Crippen MR) is 239 cm³/mol. The van der Waals surface area contributed by atoms with Crippen molar-refractivity contribution in [3.8, 4) is 11.1 Å². The minimum absolute atomic E-state index is 0.126. The zero-order valence-electron chi connectivity index (χ0n) is 36.1. The van der Waals surface area contributed by atoms with E-state index in [4.69, 9.17) is 9.47 Å². The highest BCUT2D eigenvalue weighted by Gasteiger charge is 2.41. The molecule has 0 aromatic heterocycles. The summed E-state index contributed by atoms with van der Waals surface area (Å²) < 4.78 is 13.4. The van der Waals surface area contributed by atoms with Gasteiger partial charge in [-0.05, 0) is 113 Å². The molecule has 6 heteroatoms. The summed E-state index contributed by atoms with van der Waals surface area (Å²) in [5.41, 5.74) is 8.58. The van der Waals surface area contributed by atoms with Crippen LogP contribution in [-0.2, 0) is 42.7 Å². The van der Waals surface area contributed by atoms with Crippen molar-refractivity contribution >= 4 is 11.9 Å². The van der Waals surface area contributed by atoms with Crippen LogP contribution in [-0.4, -0.2) is 38.1 Å². The first kappa shape index (κ1) is 42.1. The molecule has 2 N–H and O–H groups in total. The lowest BCUT2D eigenvalue weighted by atomic mass is 9.75. The number of piperidine rings is 2. The first-order valence-corrected chi connectivity index (χ1v) is 21.5. The van der Waals surface area contributed by atoms with E-state index in [1.165, 1.54) is 16.7 Å². The van der Waals surface area contributed by atoms with Crippen molar-refractivity contribution in [2.75, 3.05) is 26.2 Å². The SMILES string of the molecule is Cc1c(C(C)(C)C)cc(C(=O)OC2(c3ccc(-c4cccc(C(Cc5ccccc5)C(=O)OC5(c6ccccc6)CCNCC5)c4)cc3)CCNCC2)cc1C(C)(C)C. The van der Waals surface area contributed by atoms with Crippen molar-refractivity contribution in [2.24, 2.45) is 0 Å². The van der Waals surface area contributed by atoms with Crippen molar-refractivity contribution in [1.82, 2.24) is 10.6 Å². The number of ether oxygens (including phenoxy) is 2. The Morgan fingerprint density at radius 2 is 1.10 bits per heavy atom. The third kappa shape index (κ3) is 9.40. The van der Waals surface area contributed by atoms with Crippen LogP contribution in [0.15, 0.2) is 121 Å². The van der Waals surface area contributed by atoms with Gasteiger partial charge < -0.3 is 20.1 Å². The summed E-state index contributed by atoms with van der Waals surface area (Å²) in [6, 6.07) is 41.3. The van der Waals surface area contributed by atoms with Gasteiger partial charge in [-0.3, -0.25) is 4.79 Å². The highest BCUT2D eigenvalue weighted by molar-refractivity contribution is 5.91. The molecule has 0 radical (unpaired) electrons. The second-order valence-corrected chi connectivity index (χ2v) is 18.8. The third-order valence-corrected chi connectivity index (χ3v) is 12.6. The first-order valence-electron chi connectivity index (χ1n) is 21.5. The largest absolute Gasteiger partial charge is 0.454 e. The van der Waals surface area contributed by atoms with Gasteiger partial charge in [0, 0.05) is 25.7 Å². The Morgan fingerprint density at radius 3 is 1.64 bits per heavy atom. The monoisotopic (exact) mass is 790 g/mol. The van der Waals surface area contributed by atoms with Crippen LogP contribution >= 0.6 is 0 Å². The van der Waals surface area contributed by atoms with Gasteiger partial charge in [-0.15, -0.1) is 0 Å². The molecule has 0 saturated carbocycles. The number of hydrogen-bond donors (Lipinski definition) is 2. The number of esters is 2. The van der Waals surface area contributed by atoms with Crippen LogP contribution < -0.4 is 10.6 Å². The van der Waals surface area contributed by atoms with Crippen molar-refractivity contribution in [1.29, 1.82) is 0 Å². The summed E-state index contributed by atoms with van der Waals surface area (Å²) in [4.78, 5) is 28.8. The highest BCUT2D eigenvalue weighted by atomic mass is 16.6. The topological polar surface area (TPSA) is 76.7 Å². The van der Waals surface area contributed by atoms with Gasteiger partial charge in [-0.2, -0.15) is 0 Å². The molecule has 1 atom stereocenters. The number of rotatable bonds is 10. The molecule has 7 rings (SSSR count). The average Bonchev–Trinajstić information content (AvgIpc) is 3.23. The molecule has 308 valence electrons. The van der Waals surface area contributed by atoms with E-state index in [-0.39, 0.29) is 22.8 Å². The summed E-state index contributed by atoms with van der Waals surface area (Å²) >= 11 is 0. The predicted octanol–water partition coefficient (Wildman–Crippen LogP) is 10.8. The lowest BCUT2D eigenvalue weighted by Gasteiger charge is -2.38. The summed E-state index contributed by atoms with van der Waals surface area (Å²) in [7, 11) is 0. The average molecular weight is 791 g/mol. The molecule has 2 heterocycles. The van der Waals surface area contributed by atoms with Gasteiger partial charge in [0.2, 0.25) is 0 Å². The molecule has 2 saturated heterocycles. The zero-order valence-corrected chi connectivity index (χ0v) is 36.1. The van der Waals surface area contributed by atoms with E-state index in [1.54, 1.807) is 0 Å². The standard InChI is InChI=1S/C53H62N2O4/c1-37-46(50(2,3)4)35-42(36-47(37)51(5,6)7)48(56)58-53(27-31-55-32-28-53)44-23-21-39(22-24-44)40-17-14-18-41(34-40)45(33-38-15-10-8-11-16-38)49(57)59-52(25-29-54-30-26-52)43-19-12-9-13-20-43/h8-24,34-36,45,54-55H,25-33H2,1-7H3. The zero-order chi connectivity index (χ0) is 41.8. The smallest absolute Gasteiger partial charge is 0.339 e. The second kappa shape index (κ2) is 17.3. The Balaban J connectivity index is 1.18.